The predicted molar refractivity (Wildman–Crippen MR) is 93.5 cm³/mol. The SMILES string of the molecule is CCOC(=O)C1CCN(C(=O)COC(=O)COc2ccc(C#N)cc2)CC1. The maximum Gasteiger partial charge on any atom is 0.344 e. The number of ether oxygens (including phenoxy) is 3. The van der Waals surface area contributed by atoms with E-state index in [1.54, 1.807) is 36.1 Å². The molecule has 8 heteroatoms. The summed E-state index contributed by atoms with van der Waals surface area (Å²) in [5.41, 5.74) is 0.488. The zero-order valence-corrected chi connectivity index (χ0v) is 15.2. The molecule has 2 rings (SSSR count). The molecule has 0 spiro atoms. The smallest absolute Gasteiger partial charge is 0.344 e. The molecule has 0 N–H and O–H groups in total. The molecule has 1 heterocycles. The van der Waals surface area contributed by atoms with Crippen LogP contribution in [0.25, 0.3) is 0 Å². The molecule has 1 fully saturated rings. The molecule has 1 aliphatic rings. The fourth-order valence-corrected chi connectivity index (χ4v) is 2.67. The zero-order chi connectivity index (χ0) is 19.6. The van der Waals surface area contributed by atoms with Gasteiger partial charge in [-0.05, 0) is 44.0 Å². The number of amides is 1. The molecule has 0 atom stereocenters. The highest BCUT2D eigenvalue weighted by atomic mass is 16.6. The molecule has 0 bridgehead atoms. The van der Waals surface area contributed by atoms with Crippen LogP contribution in [-0.4, -0.2) is 55.7 Å². The highest BCUT2D eigenvalue weighted by molar-refractivity contribution is 5.81. The molecular formula is C19H22N2O6. The number of hydrogen-bond donors (Lipinski definition) is 0. The highest BCUT2D eigenvalue weighted by Crippen LogP contribution is 2.18. The molecule has 8 nitrogen and oxygen atoms in total. The number of piperidine rings is 1. The van der Waals surface area contributed by atoms with Crippen LogP contribution in [0.15, 0.2) is 24.3 Å². The van der Waals surface area contributed by atoms with Crippen LogP contribution >= 0.6 is 0 Å². The first kappa shape index (κ1) is 20.2. The quantitative estimate of drug-likeness (QED) is 0.662. The number of carbonyl (C=O) groups is 3. The molecule has 1 aliphatic heterocycles. The van der Waals surface area contributed by atoms with E-state index in [2.05, 4.69) is 0 Å². The van der Waals surface area contributed by atoms with Gasteiger partial charge in [0.05, 0.1) is 24.2 Å². The number of benzene rings is 1. The maximum absolute atomic E-state index is 12.1. The molecule has 1 amide bonds. The molecule has 0 unspecified atom stereocenters. The summed E-state index contributed by atoms with van der Waals surface area (Å²) in [5.74, 6) is -0.940. The van der Waals surface area contributed by atoms with Gasteiger partial charge in [-0.25, -0.2) is 4.79 Å². The average molecular weight is 374 g/mol. The monoisotopic (exact) mass is 374 g/mol. The van der Waals surface area contributed by atoms with Gasteiger partial charge in [0.15, 0.2) is 13.2 Å². The van der Waals surface area contributed by atoms with E-state index in [1.807, 2.05) is 6.07 Å². The van der Waals surface area contributed by atoms with Gasteiger partial charge in [-0.2, -0.15) is 5.26 Å². The lowest BCUT2D eigenvalue weighted by Gasteiger charge is -2.30. The first-order chi connectivity index (χ1) is 13.0. The Balaban J connectivity index is 1.67. The minimum atomic E-state index is -0.658. The van der Waals surface area contributed by atoms with Crippen molar-refractivity contribution in [2.45, 2.75) is 19.8 Å². The minimum Gasteiger partial charge on any atom is -0.482 e. The summed E-state index contributed by atoms with van der Waals surface area (Å²) >= 11 is 0. The van der Waals surface area contributed by atoms with Crippen LogP contribution in [0.1, 0.15) is 25.3 Å². The van der Waals surface area contributed by atoms with Gasteiger partial charge in [-0.1, -0.05) is 0 Å². The molecule has 1 aromatic carbocycles. The van der Waals surface area contributed by atoms with Gasteiger partial charge >= 0.3 is 11.9 Å². The Bertz CT molecular complexity index is 702. The molecule has 144 valence electrons. The van der Waals surface area contributed by atoms with Gasteiger partial charge in [0, 0.05) is 13.1 Å². The van der Waals surface area contributed by atoms with Gasteiger partial charge in [-0.3, -0.25) is 9.59 Å². The number of esters is 2. The van der Waals surface area contributed by atoms with Gasteiger partial charge < -0.3 is 19.1 Å². The van der Waals surface area contributed by atoms with Gasteiger partial charge in [0.1, 0.15) is 5.75 Å². The largest absolute Gasteiger partial charge is 0.482 e. The van der Waals surface area contributed by atoms with E-state index in [9.17, 15) is 14.4 Å². The van der Waals surface area contributed by atoms with E-state index in [0.717, 1.165) is 0 Å². The van der Waals surface area contributed by atoms with Crippen LogP contribution in [0.4, 0.5) is 0 Å². The number of nitriles is 1. The number of likely N-dealkylation sites (tertiary alicyclic amines) is 1. The average Bonchev–Trinajstić information content (AvgIpc) is 2.71. The van der Waals surface area contributed by atoms with Crippen molar-refractivity contribution in [2.75, 3.05) is 32.9 Å². The first-order valence-corrected chi connectivity index (χ1v) is 8.76. The molecule has 0 aromatic heterocycles. The normalized spacial score (nSPS) is 14.1. The lowest BCUT2D eigenvalue weighted by atomic mass is 9.97. The van der Waals surface area contributed by atoms with Crippen LogP contribution in [-0.2, 0) is 23.9 Å². The maximum atomic E-state index is 12.1. The summed E-state index contributed by atoms with van der Waals surface area (Å²) < 4.78 is 15.2. The highest BCUT2D eigenvalue weighted by Gasteiger charge is 2.28. The summed E-state index contributed by atoms with van der Waals surface area (Å²) in [4.78, 5) is 37.1. The van der Waals surface area contributed by atoms with Crippen molar-refractivity contribution in [3.8, 4) is 11.8 Å². The first-order valence-electron chi connectivity index (χ1n) is 8.76. The number of nitrogens with zero attached hydrogens (tertiary/aromatic N) is 2. The molecule has 0 saturated carbocycles. The summed E-state index contributed by atoms with van der Waals surface area (Å²) in [5, 5.41) is 8.72. The topological polar surface area (TPSA) is 106 Å². The van der Waals surface area contributed by atoms with Crippen LogP contribution in [0.3, 0.4) is 0 Å². The summed E-state index contributed by atoms with van der Waals surface area (Å²) in [6.45, 7) is 2.28. The Morgan fingerprint density at radius 2 is 1.78 bits per heavy atom. The van der Waals surface area contributed by atoms with Crippen molar-refractivity contribution >= 4 is 17.8 Å². The minimum absolute atomic E-state index is 0.183. The summed E-state index contributed by atoms with van der Waals surface area (Å²) in [6, 6.07) is 8.28. The second-order valence-electron chi connectivity index (χ2n) is 5.99. The van der Waals surface area contributed by atoms with Gasteiger partial charge in [0.25, 0.3) is 5.91 Å². The van der Waals surface area contributed by atoms with Crippen LogP contribution < -0.4 is 4.74 Å². The predicted octanol–water partition coefficient (Wildman–Crippen LogP) is 1.28. The summed E-state index contributed by atoms with van der Waals surface area (Å²) in [7, 11) is 0. The second-order valence-corrected chi connectivity index (χ2v) is 5.99. The van der Waals surface area contributed by atoms with Crippen LogP contribution in [0.2, 0.25) is 0 Å². The Kier molecular flexibility index (Phi) is 7.62. The third-order valence-corrected chi connectivity index (χ3v) is 4.16. The Morgan fingerprint density at radius 1 is 1.11 bits per heavy atom. The lowest BCUT2D eigenvalue weighted by molar-refractivity contribution is -0.155. The number of carbonyl (C=O) groups excluding carboxylic acids is 3. The van der Waals surface area contributed by atoms with Crippen molar-refractivity contribution in [1.82, 2.24) is 4.90 Å². The molecule has 1 saturated heterocycles. The van der Waals surface area contributed by atoms with Crippen molar-refractivity contribution in [1.29, 1.82) is 5.26 Å². The Labute approximate surface area is 157 Å². The van der Waals surface area contributed by atoms with Gasteiger partial charge in [0.2, 0.25) is 0 Å². The third-order valence-electron chi connectivity index (χ3n) is 4.16. The molecule has 1 aromatic rings. The zero-order valence-electron chi connectivity index (χ0n) is 15.2. The van der Waals surface area contributed by atoms with E-state index in [-0.39, 0.29) is 31.0 Å². The molecule has 27 heavy (non-hydrogen) atoms. The molecule has 0 aliphatic carbocycles. The van der Waals surface area contributed by atoms with Crippen molar-refractivity contribution in [3.05, 3.63) is 29.8 Å². The van der Waals surface area contributed by atoms with Crippen molar-refractivity contribution < 1.29 is 28.6 Å². The number of hydrogen-bond acceptors (Lipinski definition) is 7. The van der Waals surface area contributed by atoms with E-state index in [1.165, 1.54) is 0 Å². The van der Waals surface area contributed by atoms with Gasteiger partial charge in [-0.15, -0.1) is 0 Å². The lowest BCUT2D eigenvalue weighted by Crippen LogP contribution is -2.42. The third kappa shape index (κ3) is 6.29. The second kappa shape index (κ2) is 10.2. The summed E-state index contributed by atoms with van der Waals surface area (Å²) in [6.07, 6.45) is 1.08. The number of rotatable bonds is 7. The fraction of sp³-hybridized carbons (Fsp3) is 0.474. The van der Waals surface area contributed by atoms with E-state index in [4.69, 9.17) is 19.5 Å². The Morgan fingerprint density at radius 3 is 2.37 bits per heavy atom. The standard InChI is InChI=1S/C19H22N2O6/c1-2-25-19(24)15-7-9-21(10-8-15)17(22)12-27-18(23)13-26-16-5-3-14(11-20)4-6-16/h3-6,15H,2,7-10,12-13H2,1H3. The fourth-order valence-electron chi connectivity index (χ4n) is 2.67. The van der Waals surface area contributed by atoms with E-state index >= 15 is 0 Å². The van der Waals surface area contributed by atoms with E-state index in [0.29, 0.717) is 43.9 Å². The Hall–Kier alpha value is -3.08. The van der Waals surface area contributed by atoms with E-state index < -0.39 is 5.97 Å². The molecule has 0 radical (unpaired) electrons. The van der Waals surface area contributed by atoms with Crippen LogP contribution in [0, 0.1) is 17.2 Å². The van der Waals surface area contributed by atoms with Crippen LogP contribution in [0.5, 0.6) is 5.75 Å². The van der Waals surface area contributed by atoms with Crippen molar-refractivity contribution in [3.63, 3.8) is 0 Å². The van der Waals surface area contributed by atoms with Crippen molar-refractivity contribution in [2.24, 2.45) is 5.92 Å². The molecular weight excluding hydrogens is 352 g/mol.